The van der Waals surface area contributed by atoms with Gasteiger partial charge in [0.25, 0.3) is 0 Å². The van der Waals surface area contributed by atoms with Crippen molar-refractivity contribution in [2.75, 3.05) is 33.8 Å². The number of benzene rings is 3. The highest BCUT2D eigenvalue weighted by Gasteiger charge is 2.33. The molecule has 0 bridgehead atoms. The van der Waals surface area contributed by atoms with Crippen molar-refractivity contribution >= 4 is 17.1 Å². The number of anilines is 1. The zero-order chi connectivity index (χ0) is 22.7. The lowest BCUT2D eigenvalue weighted by Crippen LogP contribution is -2.34. The summed E-state index contributed by atoms with van der Waals surface area (Å²) in [6, 6.07) is 20.0. The van der Waals surface area contributed by atoms with Crippen LogP contribution < -0.4 is 24.3 Å². The van der Waals surface area contributed by atoms with Crippen LogP contribution in [0.5, 0.6) is 23.0 Å². The monoisotopic (exact) mass is 432 g/mol. The van der Waals surface area contributed by atoms with E-state index in [4.69, 9.17) is 23.9 Å². The summed E-state index contributed by atoms with van der Waals surface area (Å²) in [5.74, 6) is 2.75. The first-order chi connectivity index (χ1) is 15.5. The van der Waals surface area contributed by atoms with Crippen LogP contribution in [0.4, 0.5) is 11.4 Å². The summed E-state index contributed by atoms with van der Waals surface area (Å²) in [6.45, 7) is 2.17. The Morgan fingerprint density at radius 1 is 0.750 bits per heavy atom. The topological polar surface area (TPSA) is 61.3 Å². The van der Waals surface area contributed by atoms with Crippen LogP contribution in [0, 0.1) is 0 Å². The number of rotatable bonds is 6. The first-order valence-corrected chi connectivity index (χ1v) is 10.4. The maximum Gasteiger partial charge on any atom is 0.161 e. The standard InChI is InChI=1S/C26H28N2O4/c1-26(18-11-13-23(30-3)25(15-18)32-5)16-21(27-19-8-6-7-9-20(19)28-26)17-10-12-22(29-2)24(14-17)31-4/h6-15,28H,16H2,1-5H3/t26-/m0/s1. The quantitative estimate of drug-likeness (QED) is 0.552. The van der Waals surface area contributed by atoms with Gasteiger partial charge in [0.05, 0.1) is 51.1 Å². The smallest absolute Gasteiger partial charge is 0.161 e. The summed E-state index contributed by atoms with van der Waals surface area (Å²) in [4.78, 5) is 5.04. The summed E-state index contributed by atoms with van der Waals surface area (Å²) < 4.78 is 22.0. The number of nitrogens with zero attached hydrogens (tertiary/aromatic N) is 1. The van der Waals surface area contributed by atoms with E-state index in [-0.39, 0.29) is 0 Å². The van der Waals surface area contributed by atoms with Crippen LogP contribution in [0.25, 0.3) is 0 Å². The molecule has 1 atom stereocenters. The largest absolute Gasteiger partial charge is 0.493 e. The Bertz CT molecular complexity index is 1160. The first kappa shape index (κ1) is 21.6. The van der Waals surface area contributed by atoms with E-state index in [1.165, 1.54) is 0 Å². The zero-order valence-corrected chi connectivity index (χ0v) is 19.1. The van der Waals surface area contributed by atoms with E-state index in [2.05, 4.69) is 24.4 Å². The van der Waals surface area contributed by atoms with Gasteiger partial charge >= 0.3 is 0 Å². The molecule has 0 unspecified atom stereocenters. The molecule has 1 heterocycles. The van der Waals surface area contributed by atoms with Gasteiger partial charge in [-0.05, 0) is 60.5 Å². The molecular weight excluding hydrogens is 404 g/mol. The van der Waals surface area contributed by atoms with Gasteiger partial charge in [-0.3, -0.25) is 4.99 Å². The number of hydrogen-bond acceptors (Lipinski definition) is 6. The maximum atomic E-state index is 5.57. The number of nitrogens with one attached hydrogen (secondary N) is 1. The minimum absolute atomic E-state index is 0.446. The number of methoxy groups -OCH3 is 4. The van der Waals surface area contributed by atoms with Crippen LogP contribution >= 0.6 is 0 Å². The molecule has 0 fully saturated rings. The molecule has 0 radical (unpaired) electrons. The fraction of sp³-hybridized carbons (Fsp3) is 0.269. The molecule has 3 aromatic carbocycles. The summed E-state index contributed by atoms with van der Waals surface area (Å²) in [6.07, 6.45) is 0.645. The summed E-state index contributed by atoms with van der Waals surface area (Å²) >= 11 is 0. The molecule has 0 aliphatic carbocycles. The van der Waals surface area contributed by atoms with Crippen molar-refractivity contribution in [1.29, 1.82) is 0 Å². The van der Waals surface area contributed by atoms with E-state index in [1.807, 2.05) is 48.5 Å². The van der Waals surface area contributed by atoms with Crippen molar-refractivity contribution in [3.8, 4) is 23.0 Å². The van der Waals surface area contributed by atoms with Gasteiger partial charge in [-0.15, -0.1) is 0 Å². The maximum absolute atomic E-state index is 5.57. The van der Waals surface area contributed by atoms with Crippen LogP contribution in [0.2, 0.25) is 0 Å². The Kier molecular flexibility index (Phi) is 5.95. The Morgan fingerprint density at radius 2 is 1.38 bits per heavy atom. The highest BCUT2D eigenvalue weighted by atomic mass is 16.5. The fourth-order valence-electron chi connectivity index (χ4n) is 4.07. The molecular formula is C26H28N2O4. The van der Waals surface area contributed by atoms with E-state index in [0.29, 0.717) is 29.4 Å². The molecule has 166 valence electrons. The lowest BCUT2D eigenvalue weighted by atomic mass is 9.84. The molecule has 0 amide bonds. The van der Waals surface area contributed by atoms with Crippen molar-refractivity contribution in [2.45, 2.75) is 18.9 Å². The van der Waals surface area contributed by atoms with Crippen LogP contribution in [0.1, 0.15) is 24.5 Å². The third-order valence-electron chi connectivity index (χ3n) is 5.83. The number of fused-ring (bicyclic) bond motifs is 1. The normalized spacial score (nSPS) is 17.3. The molecule has 6 heteroatoms. The minimum atomic E-state index is -0.446. The molecule has 6 nitrogen and oxygen atoms in total. The predicted octanol–water partition coefficient (Wildman–Crippen LogP) is 5.57. The summed E-state index contributed by atoms with van der Waals surface area (Å²) in [5.41, 5.74) is 4.41. The van der Waals surface area contributed by atoms with Gasteiger partial charge in [-0.2, -0.15) is 0 Å². The number of para-hydroxylation sites is 2. The van der Waals surface area contributed by atoms with E-state index in [0.717, 1.165) is 28.2 Å². The van der Waals surface area contributed by atoms with Crippen LogP contribution in [-0.4, -0.2) is 34.2 Å². The van der Waals surface area contributed by atoms with Crippen LogP contribution in [0.15, 0.2) is 65.7 Å². The third-order valence-corrected chi connectivity index (χ3v) is 5.83. The molecule has 1 N–H and O–H groups in total. The van der Waals surface area contributed by atoms with Gasteiger partial charge in [0, 0.05) is 6.42 Å². The lowest BCUT2D eigenvalue weighted by Gasteiger charge is -2.32. The fourth-order valence-corrected chi connectivity index (χ4v) is 4.07. The highest BCUT2D eigenvalue weighted by Crippen LogP contribution is 2.42. The molecule has 0 saturated heterocycles. The van der Waals surface area contributed by atoms with E-state index < -0.39 is 5.54 Å². The highest BCUT2D eigenvalue weighted by molar-refractivity contribution is 6.05. The molecule has 32 heavy (non-hydrogen) atoms. The second-order valence-corrected chi connectivity index (χ2v) is 7.85. The average molecular weight is 433 g/mol. The third kappa shape index (κ3) is 3.96. The van der Waals surface area contributed by atoms with Gasteiger partial charge in [0.15, 0.2) is 23.0 Å². The molecule has 3 aromatic rings. The molecule has 0 aromatic heterocycles. The molecule has 4 rings (SSSR count). The van der Waals surface area contributed by atoms with Crippen LogP contribution in [0.3, 0.4) is 0 Å². The van der Waals surface area contributed by atoms with E-state index in [1.54, 1.807) is 28.4 Å². The van der Waals surface area contributed by atoms with Gasteiger partial charge in [0.2, 0.25) is 0 Å². The van der Waals surface area contributed by atoms with Gasteiger partial charge in [-0.25, -0.2) is 0 Å². The second-order valence-electron chi connectivity index (χ2n) is 7.85. The predicted molar refractivity (Wildman–Crippen MR) is 127 cm³/mol. The number of aliphatic imine (C=N–C) groups is 1. The number of ether oxygens (including phenoxy) is 4. The minimum Gasteiger partial charge on any atom is -0.493 e. The summed E-state index contributed by atoms with van der Waals surface area (Å²) in [7, 11) is 6.56. The van der Waals surface area contributed by atoms with Crippen LogP contribution in [-0.2, 0) is 5.54 Å². The van der Waals surface area contributed by atoms with Crippen molar-refractivity contribution in [1.82, 2.24) is 0 Å². The molecule has 1 aliphatic rings. The summed E-state index contributed by atoms with van der Waals surface area (Å²) in [5, 5.41) is 3.72. The Labute approximate surface area is 188 Å². The van der Waals surface area contributed by atoms with Gasteiger partial charge < -0.3 is 24.3 Å². The van der Waals surface area contributed by atoms with Gasteiger partial charge in [-0.1, -0.05) is 18.2 Å². The molecule has 1 aliphatic heterocycles. The van der Waals surface area contributed by atoms with Gasteiger partial charge in [0.1, 0.15) is 0 Å². The number of hydrogen-bond donors (Lipinski definition) is 1. The first-order valence-electron chi connectivity index (χ1n) is 10.4. The Hall–Kier alpha value is -3.67. The average Bonchev–Trinajstić information content (AvgIpc) is 2.99. The van der Waals surface area contributed by atoms with E-state index in [9.17, 15) is 0 Å². The lowest BCUT2D eigenvalue weighted by molar-refractivity contribution is 0.353. The zero-order valence-electron chi connectivity index (χ0n) is 19.1. The Balaban J connectivity index is 1.85. The van der Waals surface area contributed by atoms with Crippen molar-refractivity contribution in [3.63, 3.8) is 0 Å². The van der Waals surface area contributed by atoms with Crippen molar-refractivity contribution in [2.24, 2.45) is 4.99 Å². The molecule has 0 saturated carbocycles. The van der Waals surface area contributed by atoms with Crippen molar-refractivity contribution < 1.29 is 18.9 Å². The second kappa shape index (κ2) is 8.83. The van der Waals surface area contributed by atoms with Crippen molar-refractivity contribution in [3.05, 3.63) is 71.8 Å². The van der Waals surface area contributed by atoms with E-state index >= 15 is 0 Å². The SMILES string of the molecule is COc1ccc(C2=Nc3ccccc3N[C@](C)(c3ccc(OC)c(OC)c3)C2)cc1OC. The molecule has 0 spiro atoms. The Morgan fingerprint density at radius 3 is 2.06 bits per heavy atom.